The smallest absolute Gasteiger partial charge is 0.232 e. The summed E-state index contributed by atoms with van der Waals surface area (Å²) < 4.78 is 16.0. The summed E-state index contributed by atoms with van der Waals surface area (Å²) in [6, 6.07) is 9.72. The van der Waals surface area contributed by atoms with Crippen molar-refractivity contribution < 1.29 is 24.1 Å². The Morgan fingerprint density at radius 3 is 2.32 bits per heavy atom. The van der Waals surface area contributed by atoms with Gasteiger partial charge in [-0.05, 0) is 29.8 Å². The number of allylic oxidation sites excluding steroid dienone is 1. The highest BCUT2D eigenvalue weighted by atomic mass is 16.5. The summed E-state index contributed by atoms with van der Waals surface area (Å²) in [5.41, 5.74) is 1.19. The quantitative estimate of drug-likeness (QED) is 0.882. The van der Waals surface area contributed by atoms with Gasteiger partial charge in [-0.2, -0.15) is 0 Å². The van der Waals surface area contributed by atoms with Gasteiger partial charge in [0.25, 0.3) is 0 Å². The predicted molar refractivity (Wildman–Crippen MR) is 80.6 cm³/mol. The highest BCUT2D eigenvalue weighted by molar-refractivity contribution is 6.14. The average Bonchev–Trinajstić information content (AvgIpc) is 2.83. The van der Waals surface area contributed by atoms with Gasteiger partial charge in [-0.25, -0.2) is 0 Å². The minimum Gasteiger partial charge on any atom is -0.508 e. The summed E-state index contributed by atoms with van der Waals surface area (Å²) in [5.74, 6) is 1.58. The number of hydrogen-bond acceptors (Lipinski definition) is 5. The molecule has 1 heterocycles. The SMILES string of the molecule is COc1cc2c(cc1OC)C(=O)/C(=C/c1ccc(O)cc1)O2. The predicted octanol–water partition coefficient (Wildman–Crippen LogP) is 3.03. The average molecular weight is 298 g/mol. The van der Waals surface area contributed by atoms with Gasteiger partial charge in [0.15, 0.2) is 17.3 Å². The molecule has 112 valence electrons. The first-order chi connectivity index (χ1) is 10.6. The molecule has 0 unspecified atom stereocenters. The second-order valence-electron chi connectivity index (χ2n) is 4.73. The van der Waals surface area contributed by atoms with Gasteiger partial charge in [0.05, 0.1) is 19.8 Å². The highest BCUT2D eigenvalue weighted by Gasteiger charge is 2.29. The number of carbonyl (C=O) groups excluding carboxylic acids is 1. The zero-order valence-corrected chi connectivity index (χ0v) is 12.1. The molecule has 5 heteroatoms. The number of phenols is 1. The number of fused-ring (bicyclic) bond motifs is 1. The number of benzene rings is 2. The number of hydrogen-bond donors (Lipinski definition) is 1. The topological polar surface area (TPSA) is 65.0 Å². The molecule has 0 saturated carbocycles. The minimum atomic E-state index is -0.218. The van der Waals surface area contributed by atoms with Gasteiger partial charge in [0.2, 0.25) is 5.78 Å². The first-order valence-corrected chi connectivity index (χ1v) is 6.61. The van der Waals surface area contributed by atoms with E-state index in [1.54, 1.807) is 42.5 Å². The van der Waals surface area contributed by atoms with Crippen LogP contribution in [0.3, 0.4) is 0 Å². The lowest BCUT2D eigenvalue weighted by molar-refractivity contribution is 0.101. The van der Waals surface area contributed by atoms with Crippen LogP contribution in [0.4, 0.5) is 0 Å². The van der Waals surface area contributed by atoms with Crippen LogP contribution in [-0.2, 0) is 0 Å². The number of rotatable bonds is 3. The third kappa shape index (κ3) is 2.37. The molecule has 0 aromatic heterocycles. The number of ketones is 1. The molecule has 1 aliphatic rings. The van der Waals surface area contributed by atoms with Crippen molar-refractivity contribution in [1.29, 1.82) is 0 Å². The van der Waals surface area contributed by atoms with Crippen LogP contribution >= 0.6 is 0 Å². The van der Waals surface area contributed by atoms with E-state index in [9.17, 15) is 9.90 Å². The van der Waals surface area contributed by atoms with Crippen LogP contribution in [0.2, 0.25) is 0 Å². The fourth-order valence-corrected chi connectivity index (χ4v) is 2.24. The van der Waals surface area contributed by atoms with Crippen molar-refractivity contribution in [3.8, 4) is 23.0 Å². The second-order valence-corrected chi connectivity index (χ2v) is 4.73. The molecule has 2 aromatic rings. The summed E-state index contributed by atoms with van der Waals surface area (Å²) in [6.45, 7) is 0. The molecule has 1 N–H and O–H groups in total. The molecule has 5 nitrogen and oxygen atoms in total. The monoisotopic (exact) mass is 298 g/mol. The number of aromatic hydroxyl groups is 1. The van der Waals surface area contributed by atoms with Crippen molar-refractivity contribution in [2.75, 3.05) is 14.2 Å². The number of Topliss-reactive ketones (excluding diaryl/α,β-unsaturated/α-hetero) is 1. The van der Waals surface area contributed by atoms with Crippen molar-refractivity contribution >= 4 is 11.9 Å². The summed E-state index contributed by atoms with van der Waals surface area (Å²) in [7, 11) is 3.03. The van der Waals surface area contributed by atoms with Crippen molar-refractivity contribution in [2.45, 2.75) is 0 Å². The molecular formula is C17H14O5. The van der Waals surface area contributed by atoms with Crippen LogP contribution in [0.5, 0.6) is 23.0 Å². The Bertz CT molecular complexity index is 759. The van der Waals surface area contributed by atoms with E-state index in [1.807, 2.05) is 0 Å². The zero-order chi connectivity index (χ0) is 15.7. The maximum absolute atomic E-state index is 12.4. The molecular weight excluding hydrogens is 284 g/mol. The molecule has 0 atom stereocenters. The Kier molecular flexibility index (Phi) is 3.47. The molecule has 0 aliphatic carbocycles. The van der Waals surface area contributed by atoms with Crippen molar-refractivity contribution in [3.05, 3.63) is 53.3 Å². The normalized spacial score (nSPS) is 14.6. The van der Waals surface area contributed by atoms with E-state index in [4.69, 9.17) is 14.2 Å². The van der Waals surface area contributed by atoms with Gasteiger partial charge in [0, 0.05) is 6.07 Å². The van der Waals surface area contributed by atoms with Crippen molar-refractivity contribution in [3.63, 3.8) is 0 Å². The molecule has 0 fully saturated rings. The van der Waals surface area contributed by atoms with Gasteiger partial charge in [-0.3, -0.25) is 4.79 Å². The fourth-order valence-electron chi connectivity index (χ4n) is 2.24. The Balaban J connectivity index is 1.98. The highest BCUT2D eigenvalue weighted by Crippen LogP contribution is 2.40. The lowest BCUT2D eigenvalue weighted by Gasteiger charge is -2.08. The maximum Gasteiger partial charge on any atom is 0.232 e. The summed E-state index contributed by atoms with van der Waals surface area (Å²) in [4.78, 5) is 12.4. The third-order valence-electron chi connectivity index (χ3n) is 3.36. The number of phenolic OH excluding ortho intramolecular Hbond substituents is 1. The van der Waals surface area contributed by atoms with Crippen LogP contribution < -0.4 is 14.2 Å². The van der Waals surface area contributed by atoms with Gasteiger partial charge >= 0.3 is 0 Å². The van der Waals surface area contributed by atoms with E-state index in [2.05, 4.69) is 0 Å². The van der Waals surface area contributed by atoms with Gasteiger partial charge in [-0.1, -0.05) is 12.1 Å². The molecule has 0 saturated heterocycles. The van der Waals surface area contributed by atoms with Gasteiger partial charge in [0.1, 0.15) is 11.5 Å². The zero-order valence-electron chi connectivity index (χ0n) is 12.1. The van der Waals surface area contributed by atoms with E-state index in [0.29, 0.717) is 22.8 Å². The molecule has 1 aliphatic heterocycles. The van der Waals surface area contributed by atoms with Gasteiger partial charge < -0.3 is 19.3 Å². The van der Waals surface area contributed by atoms with Crippen LogP contribution in [0.1, 0.15) is 15.9 Å². The van der Waals surface area contributed by atoms with Crippen LogP contribution in [0.25, 0.3) is 6.08 Å². The van der Waals surface area contributed by atoms with E-state index in [0.717, 1.165) is 5.56 Å². The Hall–Kier alpha value is -2.95. The standard InChI is InChI=1S/C17H14O5/c1-20-14-8-12-13(9-15(14)21-2)22-16(17(12)19)7-10-3-5-11(18)6-4-10/h3-9,18H,1-2H3/b16-7-. The molecule has 22 heavy (non-hydrogen) atoms. The molecule has 3 rings (SSSR count). The minimum absolute atomic E-state index is 0.165. The number of carbonyl (C=O) groups is 1. The van der Waals surface area contributed by atoms with E-state index < -0.39 is 0 Å². The summed E-state index contributed by atoms with van der Waals surface area (Å²) in [6.07, 6.45) is 1.63. The fraction of sp³-hybridized carbons (Fsp3) is 0.118. The van der Waals surface area contributed by atoms with E-state index in [1.165, 1.54) is 14.2 Å². The van der Waals surface area contributed by atoms with Crippen LogP contribution in [0, 0.1) is 0 Å². The first-order valence-electron chi connectivity index (χ1n) is 6.61. The Morgan fingerprint density at radius 1 is 1.05 bits per heavy atom. The second kappa shape index (κ2) is 5.44. The summed E-state index contributed by atoms with van der Waals surface area (Å²) in [5, 5.41) is 9.28. The molecule has 0 spiro atoms. The first kappa shape index (κ1) is 14.0. The van der Waals surface area contributed by atoms with Crippen molar-refractivity contribution in [1.82, 2.24) is 0 Å². The van der Waals surface area contributed by atoms with Gasteiger partial charge in [-0.15, -0.1) is 0 Å². The molecule has 0 bridgehead atoms. The van der Waals surface area contributed by atoms with E-state index >= 15 is 0 Å². The van der Waals surface area contributed by atoms with Crippen LogP contribution in [-0.4, -0.2) is 25.1 Å². The van der Waals surface area contributed by atoms with Crippen molar-refractivity contribution in [2.24, 2.45) is 0 Å². The number of ether oxygens (including phenoxy) is 3. The molecule has 0 radical (unpaired) electrons. The van der Waals surface area contributed by atoms with E-state index in [-0.39, 0.29) is 17.3 Å². The molecule has 2 aromatic carbocycles. The Morgan fingerprint density at radius 2 is 1.68 bits per heavy atom. The summed E-state index contributed by atoms with van der Waals surface area (Å²) >= 11 is 0. The largest absolute Gasteiger partial charge is 0.508 e. The molecule has 0 amide bonds. The third-order valence-corrected chi connectivity index (χ3v) is 3.36. The lowest BCUT2D eigenvalue weighted by Crippen LogP contribution is -1.98. The Labute approximate surface area is 127 Å². The maximum atomic E-state index is 12.4. The number of methoxy groups -OCH3 is 2. The van der Waals surface area contributed by atoms with Crippen LogP contribution in [0.15, 0.2) is 42.2 Å². The lowest BCUT2D eigenvalue weighted by atomic mass is 10.1.